The lowest BCUT2D eigenvalue weighted by atomic mass is 9.85. The SMILES string of the molecule is CNC(=O)C(C)NCC(C(C)C)C(C)C. The average molecular weight is 214 g/mol. The molecule has 0 aromatic rings. The first-order valence-corrected chi connectivity index (χ1v) is 5.85. The zero-order valence-corrected chi connectivity index (χ0v) is 10.9. The van der Waals surface area contributed by atoms with Gasteiger partial charge in [-0.3, -0.25) is 4.79 Å². The first kappa shape index (κ1) is 14.4. The molecular weight excluding hydrogens is 188 g/mol. The van der Waals surface area contributed by atoms with E-state index in [9.17, 15) is 4.79 Å². The van der Waals surface area contributed by atoms with E-state index >= 15 is 0 Å². The Kier molecular flexibility index (Phi) is 6.57. The summed E-state index contributed by atoms with van der Waals surface area (Å²) in [5.41, 5.74) is 0. The van der Waals surface area contributed by atoms with Gasteiger partial charge in [0.15, 0.2) is 0 Å². The van der Waals surface area contributed by atoms with E-state index in [4.69, 9.17) is 0 Å². The third kappa shape index (κ3) is 5.17. The summed E-state index contributed by atoms with van der Waals surface area (Å²) < 4.78 is 0. The summed E-state index contributed by atoms with van der Waals surface area (Å²) in [4.78, 5) is 11.3. The van der Waals surface area contributed by atoms with Crippen molar-refractivity contribution in [2.45, 2.75) is 40.7 Å². The monoisotopic (exact) mass is 214 g/mol. The van der Waals surface area contributed by atoms with Crippen molar-refractivity contribution in [2.24, 2.45) is 17.8 Å². The number of amides is 1. The second-order valence-electron chi connectivity index (χ2n) is 4.90. The summed E-state index contributed by atoms with van der Waals surface area (Å²) in [6.45, 7) is 11.7. The third-order valence-corrected chi connectivity index (χ3v) is 3.01. The zero-order valence-electron chi connectivity index (χ0n) is 10.9. The fourth-order valence-electron chi connectivity index (χ4n) is 1.86. The third-order valence-electron chi connectivity index (χ3n) is 3.01. The Hall–Kier alpha value is -0.570. The van der Waals surface area contributed by atoms with Crippen LogP contribution < -0.4 is 10.6 Å². The highest BCUT2D eigenvalue weighted by atomic mass is 16.2. The van der Waals surface area contributed by atoms with Crippen LogP contribution in [0.25, 0.3) is 0 Å². The summed E-state index contributed by atoms with van der Waals surface area (Å²) in [6.07, 6.45) is 0. The van der Waals surface area contributed by atoms with Crippen LogP contribution in [0.1, 0.15) is 34.6 Å². The van der Waals surface area contributed by atoms with Gasteiger partial charge in [-0.05, 0) is 31.2 Å². The molecule has 0 rings (SSSR count). The summed E-state index contributed by atoms with van der Waals surface area (Å²) in [7, 11) is 1.67. The summed E-state index contributed by atoms with van der Waals surface area (Å²) in [5.74, 6) is 1.97. The molecule has 0 aromatic heterocycles. The summed E-state index contributed by atoms with van der Waals surface area (Å²) in [6, 6.07) is -0.102. The van der Waals surface area contributed by atoms with Crippen molar-refractivity contribution >= 4 is 5.91 Å². The molecule has 1 unspecified atom stereocenters. The van der Waals surface area contributed by atoms with Crippen molar-refractivity contribution < 1.29 is 4.79 Å². The molecule has 0 spiro atoms. The van der Waals surface area contributed by atoms with E-state index in [-0.39, 0.29) is 11.9 Å². The van der Waals surface area contributed by atoms with Crippen molar-refractivity contribution in [1.82, 2.24) is 10.6 Å². The molecule has 2 N–H and O–H groups in total. The van der Waals surface area contributed by atoms with Crippen molar-refractivity contribution in [3.05, 3.63) is 0 Å². The van der Waals surface area contributed by atoms with Crippen molar-refractivity contribution in [2.75, 3.05) is 13.6 Å². The molecule has 3 nitrogen and oxygen atoms in total. The fourth-order valence-corrected chi connectivity index (χ4v) is 1.86. The Morgan fingerprint density at radius 1 is 1.07 bits per heavy atom. The number of nitrogens with one attached hydrogen (secondary N) is 2. The van der Waals surface area contributed by atoms with Gasteiger partial charge in [0.1, 0.15) is 0 Å². The van der Waals surface area contributed by atoms with Crippen LogP contribution in [0.3, 0.4) is 0 Å². The highest BCUT2D eigenvalue weighted by molar-refractivity contribution is 5.80. The molecule has 0 aliphatic heterocycles. The van der Waals surface area contributed by atoms with Gasteiger partial charge in [0, 0.05) is 7.05 Å². The van der Waals surface area contributed by atoms with Crippen LogP contribution in [0.15, 0.2) is 0 Å². The van der Waals surface area contributed by atoms with Gasteiger partial charge in [-0.25, -0.2) is 0 Å². The van der Waals surface area contributed by atoms with E-state index in [1.165, 1.54) is 0 Å². The zero-order chi connectivity index (χ0) is 12.0. The largest absolute Gasteiger partial charge is 0.358 e. The lowest BCUT2D eigenvalue weighted by molar-refractivity contribution is -0.122. The van der Waals surface area contributed by atoms with Gasteiger partial charge in [0.2, 0.25) is 5.91 Å². The van der Waals surface area contributed by atoms with Crippen LogP contribution in [0.2, 0.25) is 0 Å². The normalized spacial score (nSPS) is 13.7. The maximum atomic E-state index is 11.3. The second kappa shape index (κ2) is 6.83. The van der Waals surface area contributed by atoms with Crippen LogP contribution in [0.5, 0.6) is 0 Å². The maximum Gasteiger partial charge on any atom is 0.236 e. The maximum absolute atomic E-state index is 11.3. The van der Waals surface area contributed by atoms with Gasteiger partial charge in [-0.1, -0.05) is 27.7 Å². The Morgan fingerprint density at radius 2 is 1.53 bits per heavy atom. The van der Waals surface area contributed by atoms with Crippen molar-refractivity contribution in [1.29, 1.82) is 0 Å². The highest BCUT2D eigenvalue weighted by Crippen LogP contribution is 2.19. The Morgan fingerprint density at radius 3 is 1.87 bits per heavy atom. The Bertz CT molecular complexity index is 182. The molecule has 0 bridgehead atoms. The van der Waals surface area contributed by atoms with E-state index in [1.807, 2.05) is 6.92 Å². The van der Waals surface area contributed by atoms with Crippen molar-refractivity contribution in [3.63, 3.8) is 0 Å². The smallest absolute Gasteiger partial charge is 0.236 e. The average Bonchev–Trinajstić information content (AvgIpc) is 2.15. The number of hydrogen-bond donors (Lipinski definition) is 2. The van der Waals surface area contributed by atoms with Gasteiger partial charge >= 0.3 is 0 Å². The molecule has 0 fully saturated rings. The molecule has 0 heterocycles. The van der Waals surface area contributed by atoms with Gasteiger partial charge in [-0.2, -0.15) is 0 Å². The van der Waals surface area contributed by atoms with E-state index in [0.29, 0.717) is 17.8 Å². The summed E-state index contributed by atoms with van der Waals surface area (Å²) >= 11 is 0. The predicted molar refractivity (Wildman–Crippen MR) is 64.7 cm³/mol. The fraction of sp³-hybridized carbons (Fsp3) is 0.917. The number of rotatable bonds is 6. The van der Waals surface area contributed by atoms with Gasteiger partial charge in [0.05, 0.1) is 6.04 Å². The molecule has 0 saturated carbocycles. The minimum absolute atomic E-state index is 0.0567. The van der Waals surface area contributed by atoms with Gasteiger partial charge < -0.3 is 10.6 Å². The highest BCUT2D eigenvalue weighted by Gasteiger charge is 2.19. The second-order valence-corrected chi connectivity index (χ2v) is 4.90. The van der Waals surface area contributed by atoms with Gasteiger partial charge in [-0.15, -0.1) is 0 Å². The van der Waals surface area contributed by atoms with E-state index < -0.39 is 0 Å². The standard InChI is InChI=1S/C12H26N2O/c1-8(2)11(9(3)4)7-14-10(5)12(15)13-6/h8-11,14H,7H2,1-6H3,(H,13,15). The van der Waals surface area contributed by atoms with E-state index in [0.717, 1.165) is 6.54 Å². The predicted octanol–water partition coefficient (Wildman–Crippen LogP) is 1.64. The van der Waals surface area contributed by atoms with Gasteiger partial charge in [0.25, 0.3) is 0 Å². The Balaban J connectivity index is 4.05. The number of carbonyl (C=O) groups is 1. The molecule has 0 aliphatic rings. The topological polar surface area (TPSA) is 41.1 Å². The minimum atomic E-state index is -0.102. The lowest BCUT2D eigenvalue weighted by Crippen LogP contribution is -2.43. The number of likely N-dealkylation sites (N-methyl/N-ethyl adjacent to an activating group) is 1. The van der Waals surface area contributed by atoms with Crippen LogP contribution in [0, 0.1) is 17.8 Å². The lowest BCUT2D eigenvalue weighted by Gasteiger charge is -2.26. The molecule has 0 aromatic carbocycles. The van der Waals surface area contributed by atoms with Crippen molar-refractivity contribution in [3.8, 4) is 0 Å². The molecule has 15 heavy (non-hydrogen) atoms. The molecule has 1 amide bonds. The number of hydrogen-bond acceptors (Lipinski definition) is 2. The number of carbonyl (C=O) groups excluding carboxylic acids is 1. The molecule has 0 radical (unpaired) electrons. The first-order valence-electron chi connectivity index (χ1n) is 5.85. The van der Waals surface area contributed by atoms with Crippen LogP contribution in [0.4, 0.5) is 0 Å². The van der Waals surface area contributed by atoms with E-state index in [2.05, 4.69) is 38.3 Å². The molecule has 0 aliphatic carbocycles. The molecular formula is C12H26N2O. The Labute approximate surface area is 94.0 Å². The van der Waals surface area contributed by atoms with Crippen LogP contribution in [-0.4, -0.2) is 25.5 Å². The molecule has 1 atom stereocenters. The molecule has 90 valence electrons. The minimum Gasteiger partial charge on any atom is -0.358 e. The quantitative estimate of drug-likeness (QED) is 0.706. The van der Waals surface area contributed by atoms with Crippen LogP contribution in [-0.2, 0) is 4.79 Å². The first-order chi connectivity index (χ1) is 6.90. The molecule has 0 saturated heterocycles. The van der Waals surface area contributed by atoms with Crippen LogP contribution >= 0.6 is 0 Å². The summed E-state index contributed by atoms with van der Waals surface area (Å²) in [5, 5.41) is 5.93. The molecule has 3 heteroatoms. The van der Waals surface area contributed by atoms with E-state index in [1.54, 1.807) is 7.05 Å².